The van der Waals surface area contributed by atoms with Crippen molar-refractivity contribution in [3.05, 3.63) is 105 Å². The monoisotopic (exact) mass is 579 g/mol. The first kappa shape index (κ1) is 29.7. The number of nitro groups is 1. The molecule has 0 aliphatic rings. The first-order valence-electron chi connectivity index (χ1n) is 12.5. The Morgan fingerprint density at radius 2 is 1.10 bits per heavy atom. The van der Waals surface area contributed by atoms with E-state index in [1.54, 1.807) is 12.1 Å². The lowest BCUT2D eigenvalue weighted by molar-refractivity contribution is -2.00. The molecular weight excluding hydrogens is 550 g/mol. The molecule has 2 aromatic heterocycles. The zero-order chi connectivity index (χ0) is 30.2. The molecule has 0 saturated carbocycles. The van der Waals surface area contributed by atoms with E-state index in [0.717, 1.165) is 67.2 Å². The van der Waals surface area contributed by atoms with E-state index in [-0.39, 0.29) is 10.6 Å². The van der Waals surface area contributed by atoms with Gasteiger partial charge in [0.15, 0.2) is 0 Å². The molecule has 5 rings (SSSR count). The van der Waals surface area contributed by atoms with Gasteiger partial charge in [-0.3, -0.25) is 10.1 Å². The molecule has 3 aromatic carbocycles. The smallest absolute Gasteiger partial charge is 0.284 e. The molecular formula is C29H30ClN5O6. The van der Waals surface area contributed by atoms with Crippen molar-refractivity contribution >= 4 is 38.9 Å². The van der Waals surface area contributed by atoms with Crippen LogP contribution in [-0.2, 0) is 0 Å². The number of non-ortho nitro benzene ring substituents is 1. The maximum Gasteiger partial charge on any atom is 0.284 e. The van der Waals surface area contributed by atoms with Crippen molar-refractivity contribution in [2.75, 3.05) is 38.0 Å². The van der Waals surface area contributed by atoms with Gasteiger partial charge in [0.1, 0.15) is 17.3 Å². The molecule has 0 unspecified atom stereocenters. The van der Waals surface area contributed by atoms with E-state index in [1.807, 2.05) is 40.3 Å². The average Bonchev–Trinajstić information content (AvgIpc) is 3.39. The van der Waals surface area contributed by atoms with Crippen LogP contribution in [0.1, 0.15) is 28.1 Å². The summed E-state index contributed by atoms with van der Waals surface area (Å²) in [6.45, 7) is 4.24. The number of halogens is 1. The number of fused-ring (bicyclic) bond motifs is 2. The highest BCUT2D eigenvalue weighted by molar-refractivity contribution is 5.91. The third-order valence-electron chi connectivity index (χ3n) is 6.98. The normalized spacial score (nSPS) is 11.4. The van der Waals surface area contributed by atoms with Crippen LogP contribution in [0.5, 0.6) is 0 Å². The third-order valence-corrected chi connectivity index (χ3v) is 6.98. The lowest BCUT2D eigenvalue weighted by Gasteiger charge is -2.17. The van der Waals surface area contributed by atoms with Gasteiger partial charge in [-0.15, -0.1) is 10.2 Å². The SMILES string of the molecule is Cc1c([C+](c2ccc([N+](=O)[O-])cc2)c2[nH]c3cc(N(C)C)ccc3c2C)[nH]c2cc(N(C)C)ccc12.[O-][Cl+3]([O-])([O-])[O-]. The quantitative estimate of drug-likeness (QED) is 0.173. The second-order valence-corrected chi connectivity index (χ2v) is 10.8. The second-order valence-electron chi connectivity index (χ2n) is 10.1. The van der Waals surface area contributed by atoms with Gasteiger partial charge in [0.05, 0.1) is 33.7 Å². The van der Waals surface area contributed by atoms with Crippen molar-refractivity contribution in [2.24, 2.45) is 0 Å². The van der Waals surface area contributed by atoms with Crippen LogP contribution >= 0.6 is 0 Å². The van der Waals surface area contributed by atoms with E-state index >= 15 is 0 Å². The fourth-order valence-corrected chi connectivity index (χ4v) is 4.87. The summed E-state index contributed by atoms with van der Waals surface area (Å²) in [5, 5.41) is 13.6. The summed E-state index contributed by atoms with van der Waals surface area (Å²) in [5.74, 6) is 0.991. The molecule has 214 valence electrons. The minimum Gasteiger partial charge on any atom is -0.378 e. The molecule has 0 aliphatic carbocycles. The molecule has 0 spiro atoms. The molecule has 2 N–H and O–H groups in total. The number of aryl methyl sites for hydroxylation is 2. The van der Waals surface area contributed by atoms with Gasteiger partial charge in [-0.2, -0.15) is 0 Å². The average molecular weight is 580 g/mol. The number of nitro benzene ring substituents is 1. The van der Waals surface area contributed by atoms with Crippen molar-refractivity contribution < 1.29 is 33.8 Å². The minimum atomic E-state index is -4.94. The van der Waals surface area contributed by atoms with Crippen LogP contribution in [0, 0.1) is 40.1 Å². The number of rotatable bonds is 6. The molecule has 0 radical (unpaired) electrons. The second kappa shape index (κ2) is 11.3. The number of aromatic amines is 2. The number of hydrogen-bond acceptors (Lipinski definition) is 8. The molecule has 0 aliphatic heterocycles. The molecule has 11 nitrogen and oxygen atoms in total. The van der Waals surface area contributed by atoms with E-state index in [2.05, 4.69) is 70.0 Å². The molecule has 5 aromatic rings. The number of hydrogen-bond donors (Lipinski definition) is 2. The standard InChI is InChI=1S/C29H30N5O2.ClHO4/c1-17-23-13-11-21(32(3)4)15-25(23)30-28(17)27(19-7-9-20(10-8-19)34(35)36)29-18(2)24-14-12-22(33(5)6)16-26(24)31-29;2-1(3,4)5/h7-16,30-31H,1-6H3;(H,2,3,4,5)/q+1;/p-1. The lowest BCUT2D eigenvalue weighted by Crippen LogP contribution is -2.68. The molecule has 0 fully saturated rings. The summed E-state index contributed by atoms with van der Waals surface area (Å²) >= 11 is 0. The van der Waals surface area contributed by atoms with Gasteiger partial charge in [-0.05, 0) is 50.2 Å². The number of nitrogens with one attached hydrogen (secondary N) is 2. The van der Waals surface area contributed by atoms with Crippen molar-refractivity contribution in [3.8, 4) is 0 Å². The number of aromatic nitrogens is 2. The van der Waals surface area contributed by atoms with Gasteiger partial charge in [-0.1, -0.05) is 0 Å². The predicted molar refractivity (Wildman–Crippen MR) is 148 cm³/mol. The summed E-state index contributed by atoms with van der Waals surface area (Å²) < 4.78 is 34.0. The summed E-state index contributed by atoms with van der Waals surface area (Å²) in [6.07, 6.45) is 0. The Morgan fingerprint density at radius 3 is 1.44 bits per heavy atom. The molecule has 0 atom stereocenters. The predicted octanol–water partition coefficient (Wildman–Crippen LogP) is 1.57. The van der Waals surface area contributed by atoms with Gasteiger partial charge in [-0.25, -0.2) is 18.6 Å². The number of benzene rings is 3. The first-order valence-corrected chi connectivity index (χ1v) is 13.7. The number of nitrogens with zero attached hydrogens (tertiary/aromatic N) is 3. The summed E-state index contributed by atoms with van der Waals surface area (Å²) in [6, 6.07) is 19.6. The van der Waals surface area contributed by atoms with Crippen LogP contribution in [0.4, 0.5) is 17.1 Å². The summed E-state index contributed by atoms with van der Waals surface area (Å²) in [5.41, 5.74) is 9.58. The Balaban J connectivity index is 0.000000714. The molecule has 0 amide bonds. The molecule has 0 bridgehead atoms. The van der Waals surface area contributed by atoms with E-state index in [1.165, 1.54) is 0 Å². The topological polar surface area (TPSA) is 173 Å². The zero-order valence-corrected chi connectivity index (χ0v) is 24.2. The van der Waals surface area contributed by atoms with Gasteiger partial charge in [0.2, 0.25) is 0 Å². The Bertz CT molecular complexity index is 1610. The highest BCUT2D eigenvalue weighted by atomic mass is 35.7. The van der Waals surface area contributed by atoms with Crippen LogP contribution < -0.4 is 28.4 Å². The van der Waals surface area contributed by atoms with Crippen LogP contribution in [-0.4, -0.2) is 43.1 Å². The lowest BCUT2D eigenvalue weighted by atomic mass is 9.88. The van der Waals surface area contributed by atoms with Crippen molar-refractivity contribution in [3.63, 3.8) is 0 Å². The van der Waals surface area contributed by atoms with Gasteiger partial charge < -0.3 is 19.8 Å². The van der Waals surface area contributed by atoms with E-state index < -0.39 is 10.2 Å². The van der Waals surface area contributed by atoms with Gasteiger partial charge in [0.25, 0.3) is 5.69 Å². The molecule has 12 heteroatoms. The Kier molecular flexibility index (Phi) is 8.20. The van der Waals surface area contributed by atoms with E-state index in [0.29, 0.717) is 0 Å². The minimum absolute atomic E-state index is 0.0751. The summed E-state index contributed by atoms with van der Waals surface area (Å²) in [7, 11) is 3.18. The molecule has 41 heavy (non-hydrogen) atoms. The van der Waals surface area contributed by atoms with Gasteiger partial charge >= 0.3 is 0 Å². The Labute approximate surface area is 239 Å². The third kappa shape index (κ3) is 6.40. The van der Waals surface area contributed by atoms with E-state index in [4.69, 9.17) is 18.6 Å². The van der Waals surface area contributed by atoms with Gasteiger partial charge in [0, 0.05) is 73.6 Å². The van der Waals surface area contributed by atoms with Crippen molar-refractivity contribution in [1.82, 2.24) is 9.97 Å². The Morgan fingerprint density at radius 1 is 0.707 bits per heavy atom. The molecule has 2 heterocycles. The van der Waals surface area contributed by atoms with E-state index in [9.17, 15) is 10.1 Å². The van der Waals surface area contributed by atoms with Crippen LogP contribution in [0.2, 0.25) is 0 Å². The fourth-order valence-electron chi connectivity index (χ4n) is 4.87. The van der Waals surface area contributed by atoms with Crippen LogP contribution in [0.25, 0.3) is 21.8 Å². The highest BCUT2D eigenvalue weighted by Gasteiger charge is 2.32. The Hall–Kier alpha value is -4.26. The summed E-state index contributed by atoms with van der Waals surface area (Å²) in [4.78, 5) is 22.5. The molecule has 0 saturated heterocycles. The maximum absolute atomic E-state index is 11.3. The van der Waals surface area contributed by atoms with Crippen LogP contribution in [0.15, 0.2) is 60.7 Å². The van der Waals surface area contributed by atoms with Crippen molar-refractivity contribution in [2.45, 2.75) is 13.8 Å². The zero-order valence-electron chi connectivity index (χ0n) is 23.4. The van der Waals surface area contributed by atoms with Crippen molar-refractivity contribution in [1.29, 1.82) is 0 Å². The van der Waals surface area contributed by atoms with Crippen LogP contribution in [0.3, 0.4) is 0 Å². The first-order chi connectivity index (χ1) is 19.2. The highest BCUT2D eigenvalue weighted by Crippen LogP contribution is 2.40. The number of anilines is 2. The number of H-pyrrole nitrogens is 2. The largest absolute Gasteiger partial charge is 0.378 e. The fraction of sp³-hybridized carbons (Fsp3) is 0.207. The maximum atomic E-state index is 11.3.